The van der Waals surface area contributed by atoms with E-state index in [4.69, 9.17) is 0 Å². The highest BCUT2D eigenvalue weighted by Crippen LogP contribution is 2.48. The zero-order valence-corrected chi connectivity index (χ0v) is 40.0. The fourth-order valence-corrected chi connectivity index (χ4v) is 12.6. The number of hydrogen-bond acceptors (Lipinski definition) is 4. The Hall–Kier alpha value is -4.38. The molecule has 1 aliphatic rings. The summed E-state index contributed by atoms with van der Waals surface area (Å²) in [6, 6.07) is 51.9. The molecule has 324 valence electrons. The quantitative estimate of drug-likeness (QED) is 0.114. The smallest absolute Gasteiger partial charge is 0.123 e. The van der Waals surface area contributed by atoms with Crippen molar-refractivity contribution in [1.29, 1.82) is 0 Å². The predicted molar refractivity (Wildman–Crippen MR) is 268 cm³/mol. The van der Waals surface area contributed by atoms with Crippen LogP contribution in [0.25, 0.3) is 0 Å². The molecule has 6 aromatic rings. The van der Waals surface area contributed by atoms with E-state index in [0.717, 1.165) is 46.6 Å². The average molecular weight is 861 g/mol. The molecular formula is C58H68O2S2. The summed E-state index contributed by atoms with van der Waals surface area (Å²) in [5, 5.41) is 25.5. The van der Waals surface area contributed by atoms with Crippen LogP contribution in [0.1, 0.15) is 150 Å². The molecule has 1 fully saturated rings. The molecule has 62 heavy (non-hydrogen) atoms. The molecule has 0 aliphatic heterocycles. The van der Waals surface area contributed by atoms with Gasteiger partial charge in [0.2, 0.25) is 0 Å². The van der Waals surface area contributed by atoms with E-state index in [1.165, 1.54) is 59.1 Å². The van der Waals surface area contributed by atoms with Crippen molar-refractivity contribution in [3.8, 4) is 11.5 Å². The maximum atomic E-state index is 12.3. The van der Waals surface area contributed by atoms with Crippen LogP contribution in [0.4, 0.5) is 0 Å². The van der Waals surface area contributed by atoms with Gasteiger partial charge in [0.25, 0.3) is 0 Å². The van der Waals surface area contributed by atoms with E-state index in [0.29, 0.717) is 22.0 Å². The van der Waals surface area contributed by atoms with E-state index in [9.17, 15) is 10.2 Å². The fraction of sp³-hybridized carbons (Fsp3) is 0.379. The summed E-state index contributed by atoms with van der Waals surface area (Å²) in [5.41, 5.74) is 10.0. The van der Waals surface area contributed by atoms with Gasteiger partial charge in [0.15, 0.2) is 0 Å². The molecule has 1 unspecified atom stereocenters. The SMILES string of the molecule is CC(C)(c1ccccc1)c1cc(CSC2CCCCCC[C@@H]2SCc2cc(C(C)(C)c3ccccc3)cc(C(C)(C)c3ccccc3)c2O)c(O)c(C(C)(C)c2ccccc2)c1. The van der Waals surface area contributed by atoms with Crippen molar-refractivity contribution in [2.45, 2.75) is 138 Å². The molecule has 2 nitrogen and oxygen atoms in total. The van der Waals surface area contributed by atoms with Gasteiger partial charge in [-0.2, -0.15) is 23.5 Å². The Labute approximate surface area is 382 Å². The third-order valence-electron chi connectivity index (χ3n) is 14.2. The van der Waals surface area contributed by atoms with Crippen LogP contribution in [-0.2, 0) is 33.2 Å². The van der Waals surface area contributed by atoms with Gasteiger partial charge in [-0.3, -0.25) is 0 Å². The average Bonchev–Trinajstić information content (AvgIpc) is 3.27. The summed E-state index contributed by atoms with van der Waals surface area (Å²) in [5.74, 6) is 2.33. The van der Waals surface area contributed by atoms with Gasteiger partial charge in [-0.05, 0) is 46.2 Å². The van der Waals surface area contributed by atoms with Crippen LogP contribution in [0.2, 0.25) is 0 Å². The van der Waals surface area contributed by atoms with Gasteiger partial charge in [0.1, 0.15) is 11.5 Å². The largest absolute Gasteiger partial charge is 0.507 e. The van der Waals surface area contributed by atoms with Gasteiger partial charge >= 0.3 is 0 Å². The summed E-state index contributed by atoms with van der Waals surface area (Å²) >= 11 is 4.06. The van der Waals surface area contributed by atoms with Gasteiger partial charge in [-0.25, -0.2) is 0 Å². The van der Waals surface area contributed by atoms with E-state index in [2.05, 4.69) is 201 Å². The second kappa shape index (κ2) is 19.2. The molecule has 0 saturated heterocycles. The van der Waals surface area contributed by atoms with Crippen LogP contribution in [0.3, 0.4) is 0 Å². The molecule has 0 aromatic heterocycles. The number of rotatable bonds is 14. The first kappa shape index (κ1) is 45.6. The summed E-state index contributed by atoms with van der Waals surface area (Å²) in [6.07, 6.45) is 7.28. The maximum absolute atomic E-state index is 12.3. The molecule has 0 bridgehead atoms. The molecule has 0 spiro atoms. The van der Waals surface area contributed by atoms with Crippen LogP contribution >= 0.6 is 23.5 Å². The molecule has 0 amide bonds. The lowest BCUT2D eigenvalue weighted by Crippen LogP contribution is -2.25. The van der Waals surface area contributed by atoms with Gasteiger partial charge in [-0.1, -0.05) is 227 Å². The molecular weight excluding hydrogens is 793 g/mol. The van der Waals surface area contributed by atoms with Crippen molar-refractivity contribution in [2.75, 3.05) is 0 Å². The minimum absolute atomic E-state index is 0.256. The van der Waals surface area contributed by atoms with E-state index >= 15 is 0 Å². The second-order valence-corrected chi connectivity index (χ2v) is 22.2. The second-order valence-electron chi connectivity index (χ2n) is 19.7. The Kier molecular flexibility index (Phi) is 14.1. The first-order chi connectivity index (χ1) is 29.6. The highest BCUT2D eigenvalue weighted by atomic mass is 32.2. The van der Waals surface area contributed by atoms with Crippen molar-refractivity contribution in [3.05, 3.63) is 201 Å². The van der Waals surface area contributed by atoms with E-state index < -0.39 is 10.8 Å². The van der Waals surface area contributed by atoms with E-state index in [1.54, 1.807) is 0 Å². The Balaban J connectivity index is 1.22. The standard InChI is InChI=1S/C58H68O2S2/c1-55(2,43-25-15-11-16-26-43)47-35-41(53(59)49(37-47)57(5,6)45-29-19-13-20-30-45)39-61-51-33-23-9-10-24-34-52(51)62-40-42-36-48(56(3,4)44-27-17-12-18-28-44)38-50(54(42)60)58(7,8)46-31-21-14-22-32-46/h11-22,25-32,35-38,51-52,59-60H,9-10,23-24,33-34,39-40H2,1-8H3/t51-,52?/m0/s1. The Bertz CT molecular complexity index is 2210. The monoisotopic (exact) mass is 860 g/mol. The van der Waals surface area contributed by atoms with E-state index in [-0.39, 0.29) is 10.8 Å². The lowest BCUT2D eigenvalue weighted by atomic mass is 9.72. The molecule has 6 aromatic carbocycles. The normalized spacial score (nSPS) is 16.7. The van der Waals surface area contributed by atoms with Crippen LogP contribution in [-0.4, -0.2) is 20.7 Å². The van der Waals surface area contributed by atoms with Gasteiger partial charge in [0, 0.05) is 65.9 Å². The van der Waals surface area contributed by atoms with Crippen LogP contribution in [0, 0.1) is 0 Å². The highest BCUT2D eigenvalue weighted by molar-refractivity contribution is 8.03. The third-order valence-corrected chi connectivity index (χ3v) is 17.3. The van der Waals surface area contributed by atoms with Crippen molar-refractivity contribution in [3.63, 3.8) is 0 Å². The summed E-state index contributed by atoms with van der Waals surface area (Å²) in [7, 11) is 0. The zero-order valence-electron chi connectivity index (χ0n) is 38.4. The number of phenols is 2. The Morgan fingerprint density at radius 3 is 0.984 bits per heavy atom. The summed E-state index contributed by atoms with van der Waals surface area (Å²) in [4.78, 5) is 0. The molecule has 0 radical (unpaired) electrons. The van der Waals surface area contributed by atoms with Gasteiger partial charge in [0.05, 0.1) is 0 Å². The van der Waals surface area contributed by atoms with Crippen LogP contribution in [0.5, 0.6) is 11.5 Å². The lowest BCUT2D eigenvalue weighted by molar-refractivity contribution is 0.446. The zero-order chi connectivity index (χ0) is 44.1. The molecule has 2 atom stereocenters. The first-order valence-corrected chi connectivity index (χ1v) is 24.9. The van der Waals surface area contributed by atoms with Crippen molar-refractivity contribution in [2.24, 2.45) is 0 Å². The molecule has 1 aliphatic carbocycles. The number of phenolic OH excluding ortho intramolecular Hbond substituents is 2. The Morgan fingerprint density at radius 2 is 0.677 bits per heavy atom. The summed E-state index contributed by atoms with van der Waals surface area (Å²) < 4.78 is 0. The van der Waals surface area contributed by atoms with Crippen molar-refractivity contribution < 1.29 is 10.2 Å². The first-order valence-electron chi connectivity index (χ1n) is 22.8. The number of aromatic hydroxyl groups is 2. The molecule has 1 saturated carbocycles. The Morgan fingerprint density at radius 1 is 0.387 bits per heavy atom. The molecule has 2 N–H and O–H groups in total. The van der Waals surface area contributed by atoms with Gasteiger partial charge in [-0.15, -0.1) is 0 Å². The fourth-order valence-electron chi connectivity index (χ4n) is 9.54. The van der Waals surface area contributed by atoms with Crippen molar-refractivity contribution >= 4 is 23.5 Å². The number of benzene rings is 6. The maximum Gasteiger partial charge on any atom is 0.123 e. The molecule has 4 heteroatoms. The number of thioether (sulfide) groups is 2. The summed E-state index contributed by atoms with van der Waals surface area (Å²) in [6.45, 7) is 18.2. The lowest BCUT2D eigenvalue weighted by Gasteiger charge is -2.34. The third kappa shape index (κ3) is 9.73. The molecule has 7 rings (SSSR count). The number of hydrogen-bond donors (Lipinski definition) is 2. The van der Waals surface area contributed by atoms with Gasteiger partial charge < -0.3 is 10.2 Å². The van der Waals surface area contributed by atoms with Crippen LogP contribution < -0.4 is 0 Å². The van der Waals surface area contributed by atoms with Crippen LogP contribution in [0.15, 0.2) is 146 Å². The predicted octanol–water partition coefficient (Wildman–Crippen LogP) is 15.7. The van der Waals surface area contributed by atoms with Crippen molar-refractivity contribution in [1.82, 2.24) is 0 Å². The highest BCUT2D eigenvalue weighted by Gasteiger charge is 2.35. The topological polar surface area (TPSA) is 40.5 Å². The molecule has 0 heterocycles. The minimum atomic E-state index is -0.397. The minimum Gasteiger partial charge on any atom is -0.507 e. The van der Waals surface area contributed by atoms with E-state index in [1.807, 2.05) is 23.5 Å².